The molecule has 0 aromatic carbocycles. The molecule has 0 unspecified atom stereocenters. The van der Waals surface area contributed by atoms with Gasteiger partial charge in [-0.25, -0.2) is 0 Å². The van der Waals surface area contributed by atoms with E-state index in [9.17, 15) is 14.4 Å². The summed E-state index contributed by atoms with van der Waals surface area (Å²) >= 11 is 0. The van der Waals surface area contributed by atoms with Gasteiger partial charge in [0.2, 0.25) is 11.8 Å². The van der Waals surface area contributed by atoms with E-state index in [1.54, 1.807) is 0 Å². The first-order valence-corrected chi connectivity index (χ1v) is 8.78. The molecule has 2 N–H and O–H groups in total. The molecule has 6 nitrogen and oxygen atoms in total. The van der Waals surface area contributed by atoms with Gasteiger partial charge in [-0.3, -0.25) is 9.59 Å². The minimum Gasteiger partial charge on any atom is -0.374 e. The number of hydrogen-bond acceptors (Lipinski definition) is 4. The average Bonchev–Trinajstić information content (AvgIpc) is 3.12. The van der Waals surface area contributed by atoms with Crippen LogP contribution in [0, 0.1) is 11.8 Å². The van der Waals surface area contributed by atoms with E-state index in [-0.39, 0.29) is 42.3 Å². The number of hydrogen-bond donors (Lipinski definition) is 2. The number of amides is 2. The molecule has 2 aliphatic rings. The van der Waals surface area contributed by atoms with Crippen LogP contribution in [0.25, 0.3) is 0 Å². The van der Waals surface area contributed by atoms with Crippen LogP contribution in [0.1, 0.15) is 51.9 Å². The maximum atomic E-state index is 11.9. The van der Waals surface area contributed by atoms with Crippen molar-refractivity contribution in [3.8, 4) is 0 Å². The van der Waals surface area contributed by atoms with Crippen molar-refractivity contribution in [2.45, 2.75) is 64.1 Å². The summed E-state index contributed by atoms with van der Waals surface area (Å²) in [5, 5.41) is 5.60. The summed E-state index contributed by atoms with van der Waals surface area (Å²) < 4.78 is 5.85. The highest BCUT2D eigenvalue weighted by atomic mass is 16.5. The van der Waals surface area contributed by atoms with Crippen LogP contribution >= 0.6 is 0 Å². The molecule has 0 saturated carbocycles. The summed E-state index contributed by atoms with van der Waals surface area (Å²) in [7, 11) is 0. The minimum atomic E-state index is -0.259. The van der Waals surface area contributed by atoms with Crippen molar-refractivity contribution >= 4 is 18.1 Å². The van der Waals surface area contributed by atoms with E-state index in [1.165, 1.54) is 0 Å². The molecule has 0 radical (unpaired) electrons. The maximum Gasteiger partial charge on any atom is 0.229 e. The summed E-state index contributed by atoms with van der Waals surface area (Å²) in [6.45, 7) is 3.22. The Labute approximate surface area is 137 Å². The highest BCUT2D eigenvalue weighted by Crippen LogP contribution is 2.44. The summed E-state index contributed by atoms with van der Waals surface area (Å²) in [5.41, 5.74) is 0. The Bertz CT molecular complexity index is 427. The molecule has 2 saturated heterocycles. The molecule has 2 rings (SSSR count). The van der Waals surface area contributed by atoms with Gasteiger partial charge in [0.1, 0.15) is 12.7 Å². The van der Waals surface area contributed by atoms with Crippen molar-refractivity contribution in [2.75, 3.05) is 13.1 Å². The number of aldehydes is 1. The average molecular weight is 324 g/mol. The van der Waals surface area contributed by atoms with Gasteiger partial charge in [-0.05, 0) is 25.2 Å². The van der Waals surface area contributed by atoms with Crippen molar-refractivity contribution < 1.29 is 19.1 Å². The first-order valence-electron chi connectivity index (χ1n) is 8.78. The van der Waals surface area contributed by atoms with Crippen LogP contribution in [0.5, 0.6) is 0 Å². The normalized spacial score (nSPS) is 28.6. The largest absolute Gasteiger partial charge is 0.374 e. The second-order valence-corrected chi connectivity index (χ2v) is 6.56. The number of ether oxygens (including phenoxy) is 1. The van der Waals surface area contributed by atoms with Gasteiger partial charge in [0.15, 0.2) is 0 Å². The van der Waals surface area contributed by atoms with Gasteiger partial charge in [-0.1, -0.05) is 19.8 Å². The van der Waals surface area contributed by atoms with E-state index in [4.69, 9.17) is 4.74 Å². The lowest BCUT2D eigenvalue weighted by Crippen LogP contribution is -2.40. The van der Waals surface area contributed by atoms with Crippen LogP contribution in [-0.4, -0.2) is 43.4 Å². The predicted octanol–water partition coefficient (Wildman–Crippen LogP) is 1.18. The first-order chi connectivity index (χ1) is 11.2. The van der Waals surface area contributed by atoms with Crippen molar-refractivity contribution in [3.05, 3.63) is 0 Å². The monoisotopic (exact) mass is 324 g/mol. The second-order valence-electron chi connectivity index (χ2n) is 6.56. The quantitative estimate of drug-likeness (QED) is 0.359. The molecular formula is C17H28N2O4. The van der Waals surface area contributed by atoms with Gasteiger partial charge in [-0.15, -0.1) is 0 Å². The van der Waals surface area contributed by atoms with Gasteiger partial charge >= 0.3 is 0 Å². The smallest absolute Gasteiger partial charge is 0.229 e. The Kier molecular flexibility index (Phi) is 7.02. The van der Waals surface area contributed by atoms with Crippen molar-refractivity contribution in [1.82, 2.24) is 10.6 Å². The number of carbonyl (C=O) groups excluding carboxylic acids is 3. The predicted molar refractivity (Wildman–Crippen MR) is 85.7 cm³/mol. The maximum absolute atomic E-state index is 11.9. The number of fused-ring (bicyclic) bond motifs is 2. The molecule has 2 bridgehead atoms. The van der Waals surface area contributed by atoms with Crippen LogP contribution in [0.4, 0.5) is 0 Å². The van der Waals surface area contributed by atoms with Crippen LogP contribution < -0.4 is 10.6 Å². The van der Waals surface area contributed by atoms with Gasteiger partial charge < -0.3 is 20.2 Å². The Morgan fingerprint density at radius 3 is 2.48 bits per heavy atom. The number of nitrogens with one attached hydrogen (secondary N) is 2. The van der Waals surface area contributed by atoms with Crippen molar-refractivity contribution in [2.24, 2.45) is 11.8 Å². The fraction of sp³-hybridized carbons (Fsp3) is 0.824. The number of rotatable bonds is 10. The lowest BCUT2D eigenvalue weighted by atomic mass is 9.78. The number of carbonyl (C=O) groups is 3. The molecule has 0 aliphatic carbocycles. The molecule has 0 aromatic rings. The van der Waals surface area contributed by atoms with Gasteiger partial charge in [0, 0.05) is 25.4 Å². The van der Waals surface area contributed by atoms with Crippen LogP contribution in [-0.2, 0) is 19.1 Å². The fourth-order valence-corrected chi connectivity index (χ4v) is 3.70. The SMILES string of the molecule is CCCCCNC(=O)CC(=O)NC[C@@H]1[C@H](CC=O)[C@@H]2CC[C@H]1O2. The van der Waals surface area contributed by atoms with Gasteiger partial charge in [0.05, 0.1) is 12.2 Å². The highest BCUT2D eigenvalue weighted by molar-refractivity contribution is 5.96. The van der Waals surface area contributed by atoms with E-state index in [0.29, 0.717) is 19.5 Å². The fourth-order valence-electron chi connectivity index (χ4n) is 3.70. The van der Waals surface area contributed by atoms with Crippen molar-refractivity contribution in [1.29, 1.82) is 0 Å². The lowest BCUT2D eigenvalue weighted by Gasteiger charge is -2.26. The molecule has 4 atom stereocenters. The minimum absolute atomic E-state index is 0.133. The molecule has 2 amide bonds. The Balaban J connectivity index is 1.67. The molecule has 23 heavy (non-hydrogen) atoms. The summed E-state index contributed by atoms with van der Waals surface area (Å²) in [6, 6.07) is 0. The van der Waals surface area contributed by atoms with Crippen LogP contribution in [0.3, 0.4) is 0 Å². The van der Waals surface area contributed by atoms with E-state index >= 15 is 0 Å². The van der Waals surface area contributed by atoms with Gasteiger partial charge in [-0.2, -0.15) is 0 Å². The van der Waals surface area contributed by atoms with Gasteiger partial charge in [0.25, 0.3) is 0 Å². The van der Waals surface area contributed by atoms with E-state index < -0.39 is 0 Å². The topological polar surface area (TPSA) is 84.5 Å². The molecular weight excluding hydrogens is 296 g/mol. The van der Waals surface area contributed by atoms with E-state index in [0.717, 1.165) is 38.4 Å². The Morgan fingerprint density at radius 2 is 1.78 bits per heavy atom. The molecule has 6 heteroatoms. The zero-order valence-electron chi connectivity index (χ0n) is 13.9. The first kappa shape index (κ1) is 17.9. The summed E-state index contributed by atoms with van der Waals surface area (Å²) in [6.07, 6.45) is 6.73. The van der Waals surface area contributed by atoms with E-state index in [1.807, 2.05) is 0 Å². The third kappa shape index (κ3) is 5.03. The second kappa shape index (κ2) is 9.01. The molecule has 130 valence electrons. The van der Waals surface area contributed by atoms with Crippen LogP contribution in [0.15, 0.2) is 0 Å². The Morgan fingerprint density at radius 1 is 1.09 bits per heavy atom. The zero-order chi connectivity index (χ0) is 16.7. The molecule has 0 aromatic heterocycles. The zero-order valence-corrected chi connectivity index (χ0v) is 13.9. The Hall–Kier alpha value is -1.43. The van der Waals surface area contributed by atoms with Crippen LogP contribution in [0.2, 0.25) is 0 Å². The summed E-state index contributed by atoms with van der Waals surface area (Å²) in [5.74, 6) is -0.0946. The third-order valence-corrected chi connectivity index (χ3v) is 4.92. The molecule has 2 heterocycles. The van der Waals surface area contributed by atoms with E-state index in [2.05, 4.69) is 17.6 Å². The molecule has 2 fully saturated rings. The highest BCUT2D eigenvalue weighted by Gasteiger charge is 2.48. The summed E-state index contributed by atoms with van der Waals surface area (Å²) in [4.78, 5) is 34.4. The third-order valence-electron chi connectivity index (χ3n) is 4.92. The van der Waals surface area contributed by atoms with Crippen molar-refractivity contribution in [3.63, 3.8) is 0 Å². The lowest BCUT2D eigenvalue weighted by molar-refractivity contribution is -0.129. The molecule has 2 aliphatic heterocycles. The standard InChI is InChI=1S/C17H28N2O4/c1-2-3-4-8-18-16(21)10-17(22)19-11-13-12(7-9-20)14-5-6-15(13)23-14/h9,12-15H,2-8,10-11H2,1H3,(H,18,21)(H,19,22)/t12-,13+,14-,15+/m0/s1. The number of unbranched alkanes of at least 4 members (excludes halogenated alkanes) is 2. The molecule has 0 spiro atoms.